The molecule has 0 radical (unpaired) electrons. The molecular formula is C21H23N3O. The summed E-state index contributed by atoms with van der Waals surface area (Å²) in [6.07, 6.45) is 0.853. The molecule has 0 aliphatic rings. The molecule has 0 fully saturated rings. The summed E-state index contributed by atoms with van der Waals surface area (Å²) in [6.45, 7) is 7.28. The number of aryl methyl sites for hydroxylation is 2. The van der Waals surface area contributed by atoms with Crippen LogP contribution in [0.25, 0.3) is 11.0 Å². The molecule has 0 atom stereocenters. The minimum absolute atomic E-state index is 0.0420. The lowest BCUT2D eigenvalue weighted by atomic mass is 10.1. The van der Waals surface area contributed by atoms with E-state index in [2.05, 4.69) is 22.1 Å². The second-order valence-corrected chi connectivity index (χ2v) is 6.22. The summed E-state index contributed by atoms with van der Waals surface area (Å²) in [4.78, 5) is 23.8. The molecule has 1 heterocycles. The van der Waals surface area contributed by atoms with Crippen LogP contribution in [-0.4, -0.2) is 33.9 Å². The number of rotatable bonds is 5. The topological polar surface area (TPSA) is 46.1 Å². The molecule has 1 amide bonds. The van der Waals surface area contributed by atoms with Crippen molar-refractivity contribution >= 4 is 16.9 Å². The van der Waals surface area contributed by atoms with Gasteiger partial charge >= 0.3 is 0 Å². The van der Waals surface area contributed by atoms with Crippen LogP contribution in [0.15, 0.2) is 48.5 Å². The molecule has 25 heavy (non-hydrogen) atoms. The van der Waals surface area contributed by atoms with E-state index in [1.54, 1.807) is 0 Å². The first-order valence-corrected chi connectivity index (χ1v) is 8.66. The van der Waals surface area contributed by atoms with Gasteiger partial charge in [-0.15, -0.1) is 0 Å². The van der Waals surface area contributed by atoms with Crippen molar-refractivity contribution in [3.05, 3.63) is 71.0 Å². The molecule has 2 aromatic carbocycles. The van der Waals surface area contributed by atoms with Gasteiger partial charge in [0.05, 0.1) is 22.4 Å². The Labute approximate surface area is 148 Å². The minimum atomic E-state index is 0.0420. The van der Waals surface area contributed by atoms with E-state index in [1.165, 1.54) is 5.56 Å². The second-order valence-electron chi connectivity index (χ2n) is 6.22. The Morgan fingerprint density at radius 2 is 1.64 bits per heavy atom. The monoisotopic (exact) mass is 333 g/mol. The molecule has 4 nitrogen and oxygen atoms in total. The van der Waals surface area contributed by atoms with Crippen LogP contribution < -0.4 is 0 Å². The smallest absolute Gasteiger partial charge is 0.253 e. The fourth-order valence-corrected chi connectivity index (χ4v) is 2.86. The normalized spacial score (nSPS) is 10.8. The Bertz CT molecular complexity index is 890. The first-order valence-electron chi connectivity index (χ1n) is 8.66. The zero-order chi connectivity index (χ0) is 17.8. The number of likely N-dealkylation sites (N-methyl/N-ethyl adjacent to an activating group) is 1. The Balaban J connectivity index is 1.80. The summed E-state index contributed by atoms with van der Waals surface area (Å²) >= 11 is 0. The van der Waals surface area contributed by atoms with Crippen LogP contribution in [0.4, 0.5) is 0 Å². The SMILES string of the molecule is CCN(CCc1ccccc1)C(=O)c1ccc2nc(C)c(C)nc2c1. The van der Waals surface area contributed by atoms with E-state index >= 15 is 0 Å². The number of hydrogen-bond donors (Lipinski definition) is 0. The molecular weight excluding hydrogens is 310 g/mol. The fourth-order valence-electron chi connectivity index (χ4n) is 2.86. The zero-order valence-corrected chi connectivity index (χ0v) is 15.0. The summed E-state index contributed by atoms with van der Waals surface area (Å²) in [6, 6.07) is 15.8. The lowest BCUT2D eigenvalue weighted by molar-refractivity contribution is 0.0766. The van der Waals surface area contributed by atoms with Crippen molar-refractivity contribution < 1.29 is 4.79 Å². The van der Waals surface area contributed by atoms with Crippen molar-refractivity contribution in [1.82, 2.24) is 14.9 Å². The van der Waals surface area contributed by atoms with Gasteiger partial charge in [-0.1, -0.05) is 30.3 Å². The molecule has 3 rings (SSSR count). The van der Waals surface area contributed by atoms with E-state index in [9.17, 15) is 4.79 Å². The molecule has 4 heteroatoms. The number of fused-ring (bicyclic) bond motifs is 1. The largest absolute Gasteiger partial charge is 0.339 e. The predicted octanol–water partition coefficient (Wildman–Crippen LogP) is 3.95. The Morgan fingerprint density at radius 1 is 0.960 bits per heavy atom. The maximum Gasteiger partial charge on any atom is 0.253 e. The first-order chi connectivity index (χ1) is 12.1. The number of hydrogen-bond acceptors (Lipinski definition) is 3. The van der Waals surface area contributed by atoms with Gasteiger partial charge < -0.3 is 4.90 Å². The molecule has 0 saturated heterocycles. The molecule has 128 valence electrons. The van der Waals surface area contributed by atoms with Gasteiger partial charge in [-0.2, -0.15) is 0 Å². The molecule has 0 aliphatic heterocycles. The highest BCUT2D eigenvalue weighted by Gasteiger charge is 2.15. The van der Waals surface area contributed by atoms with E-state index in [1.807, 2.05) is 62.1 Å². The van der Waals surface area contributed by atoms with E-state index in [0.717, 1.165) is 28.8 Å². The summed E-state index contributed by atoms with van der Waals surface area (Å²) in [5.74, 6) is 0.0420. The number of carbonyl (C=O) groups is 1. The van der Waals surface area contributed by atoms with Gasteiger partial charge in [0.2, 0.25) is 0 Å². The number of amides is 1. The number of benzene rings is 2. The molecule has 1 aromatic heterocycles. The van der Waals surface area contributed by atoms with Crippen LogP contribution >= 0.6 is 0 Å². The van der Waals surface area contributed by atoms with E-state index in [-0.39, 0.29) is 5.91 Å². The van der Waals surface area contributed by atoms with Crippen molar-refractivity contribution in [2.45, 2.75) is 27.2 Å². The van der Waals surface area contributed by atoms with Crippen LogP contribution in [0.3, 0.4) is 0 Å². The second kappa shape index (κ2) is 7.43. The van der Waals surface area contributed by atoms with Gasteiger partial charge in [0.1, 0.15) is 0 Å². The zero-order valence-electron chi connectivity index (χ0n) is 15.0. The maximum atomic E-state index is 12.9. The maximum absolute atomic E-state index is 12.9. The van der Waals surface area contributed by atoms with Crippen LogP contribution in [0.2, 0.25) is 0 Å². The standard InChI is InChI=1S/C21H23N3O/c1-4-24(13-12-17-8-6-5-7-9-17)21(25)18-10-11-19-20(14-18)23-16(3)15(2)22-19/h5-11,14H,4,12-13H2,1-3H3. The lowest BCUT2D eigenvalue weighted by Gasteiger charge is -2.21. The van der Waals surface area contributed by atoms with E-state index in [0.29, 0.717) is 18.7 Å². The highest BCUT2D eigenvalue weighted by Crippen LogP contribution is 2.16. The predicted molar refractivity (Wildman–Crippen MR) is 101 cm³/mol. The van der Waals surface area contributed by atoms with E-state index in [4.69, 9.17) is 0 Å². The number of nitrogens with zero attached hydrogens (tertiary/aromatic N) is 3. The Kier molecular flexibility index (Phi) is 5.08. The van der Waals surface area contributed by atoms with Crippen LogP contribution in [-0.2, 0) is 6.42 Å². The van der Waals surface area contributed by atoms with Crippen molar-refractivity contribution in [3.63, 3.8) is 0 Å². The number of aromatic nitrogens is 2. The Morgan fingerprint density at radius 3 is 2.32 bits per heavy atom. The summed E-state index contributed by atoms with van der Waals surface area (Å²) in [5.41, 5.74) is 5.32. The third-order valence-corrected chi connectivity index (χ3v) is 4.50. The number of carbonyl (C=O) groups excluding carboxylic acids is 1. The highest BCUT2D eigenvalue weighted by molar-refractivity contribution is 5.97. The summed E-state index contributed by atoms with van der Waals surface area (Å²) in [5, 5.41) is 0. The van der Waals surface area contributed by atoms with Crippen molar-refractivity contribution in [3.8, 4) is 0 Å². The molecule has 0 spiro atoms. The highest BCUT2D eigenvalue weighted by atomic mass is 16.2. The Hall–Kier alpha value is -2.75. The molecule has 0 unspecified atom stereocenters. The summed E-state index contributed by atoms with van der Waals surface area (Å²) in [7, 11) is 0. The van der Waals surface area contributed by atoms with Gasteiger partial charge in [-0.3, -0.25) is 4.79 Å². The van der Waals surface area contributed by atoms with Crippen LogP contribution in [0, 0.1) is 13.8 Å². The lowest BCUT2D eigenvalue weighted by Crippen LogP contribution is -2.32. The first kappa shape index (κ1) is 17.1. The van der Waals surface area contributed by atoms with Gasteiger partial charge in [0.15, 0.2) is 0 Å². The molecule has 0 aliphatic carbocycles. The third-order valence-electron chi connectivity index (χ3n) is 4.50. The van der Waals surface area contributed by atoms with Gasteiger partial charge in [-0.05, 0) is 51.0 Å². The molecule has 3 aromatic rings. The van der Waals surface area contributed by atoms with Crippen LogP contribution in [0.5, 0.6) is 0 Å². The van der Waals surface area contributed by atoms with Crippen LogP contribution in [0.1, 0.15) is 34.2 Å². The summed E-state index contributed by atoms with van der Waals surface area (Å²) < 4.78 is 0. The average molecular weight is 333 g/mol. The van der Waals surface area contributed by atoms with Crippen molar-refractivity contribution in [2.75, 3.05) is 13.1 Å². The fraction of sp³-hybridized carbons (Fsp3) is 0.286. The minimum Gasteiger partial charge on any atom is -0.339 e. The van der Waals surface area contributed by atoms with E-state index < -0.39 is 0 Å². The molecule has 0 N–H and O–H groups in total. The quantitative estimate of drug-likeness (QED) is 0.710. The van der Waals surface area contributed by atoms with Gasteiger partial charge in [0, 0.05) is 18.7 Å². The molecule has 0 bridgehead atoms. The van der Waals surface area contributed by atoms with Crippen molar-refractivity contribution in [2.24, 2.45) is 0 Å². The van der Waals surface area contributed by atoms with Gasteiger partial charge in [-0.25, -0.2) is 9.97 Å². The van der Waals surface area contributed by atoms with Crippen molar-refractivity contribution in [1.29, 1.82) is 0 Å². The third kappa shape index (κ3) is 3.85. The van der Waals surface area contributed by atoms with Gasteiger partial charge in [0.25, 0.3) is 5.91 Å². The average Bonchev–Trinajstić information content (AvgIpc) is 2.63. The molecule has 0 saturated carbocycles.